The van der Waals surface area contributed by atoms with Gasteiger partial charge in [0.2, 0.25) is 5.91 Å². The number of amides is 3. The average molecular weight is 579 g/mol. The first-order valence-corrected chi connectivity index (χ1v) is 14.8. The van der Waals surface area contributed by atoms with E-state index in [1.165, 1.54) is 10.9 Å². The first kappa shape index (κ1) is 30.3. The summed E-state index contributed by atoms with van der Waals surface area (Å²) in [7, 11) is 0. The van der Waals surface area contributed by atoms with Crippen molar-refractivity contribution in [1.29, 1.82) is 0 Å². The highest BCUT2D eigenvalue weighted by atomic mass is 32.2. The number of aromatic nitrogens is 1. The van der Waals surface area contributed by atoms with Crippen LogP contribution in [-0.2, 0) is 16.0 Å². The number of piperidine rings is 1. The number of thioether (sulfide) groups is 1. The first-order chi connectivity index (χ1) is 19.5. The van der Waals surface area contributed by atoms with Gasteiger partial charge in [-0.3, -0.25) is 19.8 Å². The van der Waals surface area contributed by atoms with Crippen LogP contribution < -0.4 is 10.8 Å². The van der Waals surface area contributed by atoms with E-state index in [1.807, 2.05) is 37.3 Å². The van der Waals surface area contributed by atoms with E-state index in [4.69, 9.17) is 9.94 Å². The smallest absolute Gasteiger partial charge is 0.410 e. The third-order valence-electron chi connectivity index (χ3n) is 7.06. The van der Waals surface area contributed by atoms with Crippen molar-refractivity contribution >= 4 is 40.6 Å². The highest BCUT2D eigenvalue weighted by Gasteiger charge is 2.40. The predicted octanol–water partition coefficient (Wildman–Crippen LogP) is 5.27. The Morgan fingerprint density at radius 2 is 1.76 bits per heavy atom. The summed E-state index contributed by atoms with van der Waals surface area (Å²) >= 11 is 1.72. The van der Waals surface area contributed by atoms with Gasteiger partial charge in [0.05, 0.1) is 17.5 Å². The number of benzene rings is 2. The molecule has 0 aliphatic carbocycles. The van der Waals surface area contributed by atoms with Crippen molar-refractivity contribution in [3.05, 3.63) is 71.4 Å². The molecule has 1 aliphatic rings. The summed E-state index contributed by atoms with van der Waals surface area (Å²) < 4.78 is 5.46. The van der Waals surface area contributed by atoms with Crippen LogP contribution in [0, 0.1) is 6.92 Å². The van der Waals surface area contributed by atoms with Crippen molar-refractivity contribution in [2.24, 2.45) is 0 Å². The number of nitrogens with zero attached hydrogens (tertiary/aromatic N) is 2. The molecular weight excluding hydrogens is 540 g/mol. The lowest BCUT2D eigenvalue weighted by Crippen LogP contribution is -2.58. The summed E-state index contributed by atoms with van der Waals surface area (Å²) in [6, 6.07) is 17.7. The molecule has 0 saturated carbocycles. The largest absolute Gasteiger partial charge is 0.444 e. The van der Waals surface area contributed by atoms with E-state index in [1.54, 1.807) is 55.0 Å². The fourth-order valence-electron chi connectivity index (χ4n) is 5.03. The molecule has 3 aromatic rings. The molecule has 41 heavy (non-hydrogen) atoms. The van der Waals surface area contributed by atoms with Gasteiger partial charge < -0.3 is 15.0 Å². The molecule has 3 amide bonds. The molecule has 0 unspecified atom stereocenters. The number of ether oxygens (including phenoxy) is 1. The van der Waals surface area contributed by atoms with Crippen LogP contribution in [0.25, 0.3) is 10.9 Å². The maximum Gasteiger partial charge on any atom is 0.410 e. The molecule has 1 fully saturated rings. The van der Waals surface area contributed by atoms with Gasteiger partial charge in [-0.15, -0.1) is 11.8 Å². The van der Waals surface area contributed by atoms with Gasteiger partial charge in [-0.2, -0.15) is 0 Å². The Morgan fingerprint density at radius 3 is 2.41 bits per heavy atom. The number of carbonyl (C=O) groups excluding carboxylic acids is 3. The van der Waals surface area contributed by atoms with Crippen LogP contribution in [0.15, 0.2) is 59.5 Å². The van der Waals surface area contributed by atoms with E-state index in [9.17, 15) is 14.4 Å². The second-order valence-corrected chi connectivity index (χ2v) is 12.6. The first-order valence-electron chi connectivity index (χ1n) is 13.8. The van der Waals surface area contributed by atoms with Gasteiger partial charge in [0.15, 0.2) is 0 Å². The topological polar surface area (TPSA) is 121 Å². The maximum absolute atomic E-state index is 13.2. The predicted molar refractivity (Wildman–Crippen MR) is 159 cm³/mol. The van der Waals surface area contributed by atoms with Crippen LogP contribution in [0.4, 0.5) is 4.79 Å². The number of hydrogen-bond acceptors (Lipinski definition) is 7. The van der Waals surface area contributed by atoms with Crippen molar-refractivity contribution in [2.45, 2.75) is 69.4 Å². The third-order valence-corrected chi connectivity index (χ3v) is 8.07. The minimum atomic E-state index is -0.902. The van der Waals surface area contributed by atoms with E-state index in [0.717, 1.165) is 28.3 Å². The minimum absolute atomic E-state index is 0.103. The Bertz CT molecular complexity index is 1400. The Morgan fingerprint density at radius 1 is 1.07 bits per heavy atom. The summed E-state index contributed by atoms with van der Waals surface area (Å²) in [6.07, 6.45) is 1.07. The maximum atomic E-state index is 13.2. The van der Waals surface area contributed by atoms with Crippen LogP contribution >= 0.6 is 11.8 Å². The lowest BCUT2D eigenvalue weighted by atomic mass is 9.83. The number of para-hydroxylation sites is 1. The van der Waals surface area contributed by atoms with E-state index in [-0.39, 0.29) is 12.3 Å². The number of hydroxylamine groups is 1. The molecule has 1 aliphatic heterocycles. The number of hydrogen-bond donors (Lipinski definition) is 3. The standard InChI is InChI=1S/C31H38N4O5S/c1-21-19-23(25-7-5-6-8-26(25)32-21)13-18-41-24-11-9-22(10-12-24)28(37)33-31(20-27(36)34-39)14-16-35(17-15-31)29(38)40-30(2,3)4/h5-12,19,39H,13-18,20H2,1-4H3,(H,33,37)(H,34,36). The molecular formula is C31H38N4O5S. The Hall–Kier alpha value is -3.63. The van der Waals surface area contributed by atoms with Crippen molar-refractivity contribution in [1.82, 2.24) is 20.7 Å². The van der Waals surface area contributed by atoms with E-state index >= 15 is 0 Å². The zero-order valence-corrected chi connectivity index (χ0v) is 24.8. The minimum Gasteiger partial charge on any atom is -0.444 e. The summed E-state index contributed by atoms with van der Waals surface area (Å²) in [4.78, 5) is 45.1. The number of likely N-dealkylation sites (tertiary alicyclic amines) is 1. The summed E-state index contributed by atoms with van der Waals surface area (Å²) in [5.41, 5.74) is 3.90. The monoisotopic (exact) mass is 578 g/mol. The van der Waals surface area contributed by atoms with Gasteiger partial charge in [0.25, 0.3) is 5.91 Å². The number of pyridine rings is 1. The number of nitrogens with one attached hydrogen (secondary N) is 2. The second kappa shape index (κ2) is 12.9. The molecule has 3 N–H and O–H groups in total. The average Bonchev–Trinajstić information content (AvgIpc) is 2.92. The zero-order chi connectivity index (χ0) is 29.6. The Balaban J connectivity index is 1.36. The number of aryl methyl sites for hydroxylation is 2. The van der Waals surface area contributed by atoms with Crippen LogP contribution in [0.1, 0.15) is 61.6 Å². The third kappa shape index (κ3) is 8.20. The van der Waals surface area contributed by atoms with Crippen LogP contribution in [0.2, 0.25) is 0 Å². The number of fused-ring (bicyclic) bond motifs is 1. The lowest BCUT2D eigenvalue weighted by Gasteiger charge is -2.42. The fraction of sp³-hybridized carbons (Fsp3) is 0.419. The van der Waals surface area contributed by atoms with Crippen LogP contribution in [0.5, 0.6) is 0 Å². The summed E-state index contributed by atoms with van der Waals surface area (Å²) in [5, 5.41) is 13.3. The molecule has 0 spiro atoms. The Kier molecular flexibility index (Phi) is 9.55. The summed E-state index contributed by atoms with van der Waals surface area (Å²) in [5.74, 6) is -0.0244. The quantitative estimate of drug-likeness (QED) is 0.189. The zero-order valence-electron chi connectivity index (χ0n) is 24.0. The highest BCUT2D eigenvalue weighted by molar-refractivity contribution is 7.99. The molecule has 4 rings (SSSR count). The number of carbonyl (C=O) groups is 3. The normalized spacial score (nSPS) is 14.9. The molecule has 2 heterocycles. The van der Waals surface area contributed by atoms with E-state index in [0.29, 0.717) is 31.5 Å². The molecule has 1 aromatic heterocycles. The van der Waals surface area contributed by atoms with Gasteiger partial charge in [-0.25, -0.2) is 10.3 Å². The van der Waals surface area contributed by atoms with Gasteiger partial charge in [-0.1, -0.05) is 18.2 Å². The molecule has 10 heteroatoms. The van der Waals surface area contributed by atoms with Crippen LogP contribution in [-0.4, -0.2) is 63.0 Å². The van der Waals surface area contributed by atoms with Crippen molar-refractivity contribution in [3.8, 4) is 0 Å². The highest BCUT2D eigenvalue weighted by Crippen LogP contribution is 2.28. The molecule has 218 valence electrons. The second-order valence-electron chi connectivity index (χ2n) is 11.5. The van der Waals surface area contributed by atoms with Crippen molar-refractivity contribution in [2.75, 3.05) is 18.8 Å². The van der Waals surface area contributed by atoms with E-state index in [2.05, 4.69) is 22.4 Å². The molecule has 0 radical (unpaired) electrons. The van der Waals surface area contributed by atoms with Gasteiger partial charge in [0.1, 0.15) is 5.60 Å². The van der Waals surface area contributed by atoms with Gasteiger partial charge in [0, 0.05) is 40.4 Å². The van der Waals surface area contributed by atoms with Crippen molar-refractivity contribution < 1.29 is 24.3 Å². The molecule has 0 atom stereocenters. The summed E-state index contributed by atoms with van der Waals surface area (Å²) in [6.45, 7) is 8.05. The van der Waals surface area contributed by atoms with Crippen LogP contribution in [0.3, 0.4) is 0 Å². The molecule has 9 nitrogen and oxygen atoms in total. The lowest BCUT2D eigenvalue weighted by molar-refractivity contribution is -0.131. The van der Waals surface area contributed by atoms with E-state index < -0.39 is 23.1 Å². The fourth-order valence-corrected chi connectivity index (χ4v) is 5.92. The van der Waals surface area contributed by atoms with Gasteiger partial charge in [-0.05, 0) is 88.9 Å². The Labute approximate surface area is 245 Å². The molecule has 1 saturated heterocycles. The van der Waals surface area contributed by atoms with Crippen molar-refractivity contribution in [3.63, 3.8) is 0 Å². The molecule has 0 bridgehead atoms. The van der Waals surface area contributed by atoms with Gasteiger partial charge >= 0.3 is 6.09 Å². The number of rotatable bonds is 8. The SMILES string of the molecule is Cc1cc(CCSc2ccc(C(=O)NC3(CC(=O)NO)CCN(C(=O)OC(C)(C)C)CC3)cc2)c2ccccc2n1. The molecule has 2 aromatic carbocycles.